The number of hydroxylamine groups is 1. The van der Waals surface area contributed by atoms with Crippen molar-refractivity contribution >= 4 is 17.5 Å². The van der Waals surface area contributed by atoms with Crippen LogP contribution in [0.25, 0.3) is 0 Å². The summed E-state index contributed by atoms with van der Waals surface area (Å²) in [5.41, 5.74) is 4.38. The number of nitrogens with zero attached hydrogens (tertiary/aromatic N) is 3. The van der Waals surface area contributed by atoms with Gasteiger partial charge in [0.05, 0.1) is 5.56 Å². The molecule has 2 atom stereocenters. The SMILES string of the molecule is O=C(NO)c1cnc(N2CCC3Nc4ccccc4C3C2)nc1. The van der Waals surface area contributed by atoms with Crippen LogP contribution in [0.5, 0.6) is 0 Å². The molecule has 2 aliphatic heterocycles. The number of piperidine rings is 1. The number of nitrogens with one attached hydrogen (secondary N) is 2. The molecule has 2 aliphatic rings. The lowest BCUT2D eigenvalue weighted by molar-refractivity contribution is 0.0705. The Kier molecular flexibility index (Phi) is 3.34. The second kappa shape index (κ2) is 5.51. The van der Waals surface area contributed by atoms with Crippen molar-refractivity contribution in [1.82, 2.24) is 15.4 Å². The van der Waals surface area contributed by atoms with Crippen LogP contribution in [0, 0.1) is 0 Å². The van der Waals surface area contributed by atoms with Crippen molar-refractivity contribution in [3.8, 4) is 0 Å². The van der Waals surface area contributed by atoms with Gasteiger partial charge in [-0.25, -0.2) is 15.4 Å². The number of rotatable bonds is 2. The zero-order chi connectivity index (χ0) is 15.8. The van der Waals surface area contributed by atoms with Crippen LogP contribution in [-0.4, -0.2) is 40.2 Å². The fourth-order valence-electron chi connectivity index (χ4n) is 3.44. The van der Waals surface area contributed by atoms with Gasteiger partial charge in [0.1, 0.15) is 0 Å². The van der Waals surface area contributed by atoms with Crippen LogP contribution in [0.1, 0.15) is 28.3 Å². The molecule has 0 bridgehead atoms. The first-order chi connectivity index (χ1) is 11.3. The van der Waals surface area contributed by atoms with Gasteiger partial charge in [0.2, 0.25) is 5.95 Å². The Balaban J connectivity index is 1.54. The predicted octanol–water partition coefficient (Wildman–Crippen LogP) is 1.38. The minimum absolute atomic E-state index is 0.235. The molecule has 0 radical (unpaired) electrons. The van der Waals surface area contributed by atoms with E-state index in [1.54, 1.807) is 5.48 Å². The maximum Gasteiger partial charge on any atom is 0.277 e. The van der Waals surface area contributed by atoms with Crippen molar-refractivity contribution < 1.29 is 10.0 Å². The first-order valence-corrected chi connectivity index (χ1v) is 7.63. The van der Waals surface area contributed by atoms with Gasteiger partial charge in [-0.1, -0.05) is 18.2 Å². The summed E-state index contributed by atoms with van der Waals surface area (Å²) in [4.78, 5) is 22.0. The summed E-state index contributed by atoms with van der Waals surface area (Å²) in [7, 11) is 0. The third-order valence-electron chi connectivity index (χ3n) is 4.60. The third kappa shape index (κ3) is 2.39. The quantitative estimate of drug-likeness (QED) is 0.573. The molecule has 3 heterocycles. The summed E-state index contributed by atoms with van der Waals surface area (Å²) in [6.07, 6.45) is 3.88. The van der Waals surface area contributed by atoms with Gasteiger partial charge in [-0.2, -0.15) is 0 Å². The van der Waals surface area contributed by atoms with Crippen molar-refractivity contribution in [3.63, 3.8) is 0 Å². The summed E-state index contributed by atoms with van der Waals surface area (Å²) in [6.45, 7) is 1.72. The number of hydrogen-bond donors (Lipinski definition) is 3. The first kappa shape index (κ1) is 14.0. The lowest BCUT2D eigenvalue weighted by atomic mass is 9.89. The first-order valence-electron chi connectivity index (χ1n) is 7.63. The number of carbonyl (C=O) groups excluding carboxylic acids is 1. The fourth-order valence-corrected chi connectivity index (χ4v) is 3.44. The Morgan fingerprint density at radius 2 is 2.09 bits per heavy atom. The molecule has 3 N–H and O–H groups in total. The number of fused-ring (bicyclic) bond motifs is 3. The smallest absolute Gasteiger partial charge is 0.277 e. The van der Waals surface area contributed by atoms with Gasteiger partial charge in [-0.15, -0.1) is 0 Å². The van der Waals surface area contributed by atoms with Crippen LogP contribution in [0.4, 0.5) is 11.6 Å². The molecule has 4 rings (SSSR count). The van der Waals surface area contributed by atoms with Gasteiger partial charge >= 0.3 is 0 Å². The highest BCUT2D eigenvalue weighted by Gasteiger charge is 2.37. The molecular weight excluding hydrogens is 294 g/mol. The summed E-state index contributed by atoms with van der Waals surface area (Å²) in [5.74, 6) is 0.426. The number of benzene rings is 1. The molecule has 1 saturated heterocycles. The molecule has 1 aromatic carbocycles. The Bertz CT molecular complexity index is 734. The highest BCUT2D eigenvalue weighted by molar-refractivity contribution is 5.92. The van der Waals surface area contributed by atoms with E-state index in [-0.39, 0.29) is 5.56 Å². The summed E-state index contributed by atoms with van der Waals surface area (Å²) >= 11 is 0. The normalized spacial score (nSPS) is 22.0. The van der Waals surface area contributed by atoms with Crippen LogP contribution in [0.15, 0.2) is 36.7 Å². The number of aromatic nitrogens is 2. The lowest BCUT2D eigenvalue weighted by Crippen LogP contribution is -2.42. The Morgan fingerprint density at radius 1 is 1.30 bits per heavy atom. The molecule has 0 aliphatic carbocycles. The molecule has 2 aromatic rings. The second-order valence-electron chi connectivity index (χ2n) is 5.89. The lowest BCUT2D eigenvalue weighted by Gasteiger charge is -2.35. The van der Waals surface area contributed by atoms with E-state index >= 15 is 0 Å². The molecule has 7 nitrogen and oxygen atoms in total. The van der Waals surface area contributed by atoms with Gasteiger partial charge in [0, 0.05) is 43.1 Å². The van der Waals surface area contributed by atoms with Crippen LogP contribution in [0.2, 0.25) is 0 Å². The van der Waals surface area contributed by atoms with Crippen molar-refractivity contribution in [3.05, 3.63) is 47.8 Å². The Hall–Kier alpha value is -2.67. The maximum atomic E-state index is 11.3. The minimum atomic E-state index is -0.607. The van der Waals surface area contributed by atoms with Gasteiger partial charge in [-0.3, -0.25) is 10.0 Å². The topological polar surface area (TPSA) is 90.4 Å². The Morgan fingerprint density at radius 3 is 2.87 bits per heavy atom. The van der Waals surface area contributed by atoms with E-state index in [4.69, 9.17) is 5.21 Å². The Labute approximate surface area is 133 Å². The second-order valence-corrected chi connectivity index (χ2v) is 5.89. The predicted molar refractivity (Wildman–Crippen MR) is 84.7 cm³/mol. The summed E-state index contributed by atoms with van der Waals surface area (Å²) in [5, 5.41) is 12.2. The van der Waals surface area contributed by atoms with Crippen molar-refractivity contribution in [2.45, 2.75) is 18.4 Å². The number of carbonyl (C=O) groups is 1. The highest BCUT2D eigenvalue weighted by Crippen LogP contribution is 2.40. The molecule has 1 fully saturated rings. The van der Waals surface area contributed by atoms with Crippen LogP contribution >= 0.6 is 0 Å². The molecule has 0 spiro atoms. The number of hydrogen-bond acceptors (Lipinski definition) is 6. The van der Waals surface area contributed by atoms with E-state index in [1.807, 2.05) is 0 Å². The molecule has 1 aromatic heterocycles. The van der Waals surface area contributed by atoms with E-state index in [1.165, 1.54) is 23.6 Å². The number of anilines is 2. The largest absolute Gasteiger partial charge is 0.381 e. The molecule has 7 heteroatoms. The molecule has 23 heavy (non-hydrogen) atoms. The standard InChI is InChI=1S/C16H17N5O2/c22-15(20-23)10-7-17-16(18-8-10)21-6-5-14-12(9-21)11-3-1-2-4-13(11)19-14/h1-4,7-8,12,14,19,23H,5-6,9H2,(H,20,22). The van der Waals surface area contributed by atoms with Crippen molar-refractivity contribution in [2.24, 2.45) is 0 Å². The highest BCUT2D eigenvalue weighted by atomic mass is 16.5. The van der Waals surface area contributed by atoms with Gasteiger partial charge in [0.25, 0.3) is 5.91 Å². The van der Waals surface area contributed by atoms with Gasteiger partial charge < -0.3 is 10.2 Å². The van der Waals surface area contributed by atoms with Gasteiger partial charge in [0.15, 0.2) is 0 Å². The van der Waals surface area contributed by atoms with Crippen LogP contribution < -0.4 is 15.7 Å². The monoisotopic (exact) mass is 311 g/mol. The average Bonchev–Trinajstić information content (AvgIpc) is 2.99. The molecule has 2 unspecified atom stereocenters. The van der Waals surface area contributed by atoms with E-state index in [0.717, 1.165) is 19.5 Å². The molecule has 0 saturated carbocycles. The number of amides is 1. The molecule has 118 valence electrons. The van der Waals surface area contributed by atoms with Crippen molar-refractivity contribution in [1.29, 1.82) is 0 Å². The van der Waals surface area contributed by atoms with Crippen LogP contribution in [-0.2, 0) is 0 Å². The zero-order valence-electron chi connectivity index (χ0n) is 12.4. The third-order valence-corrected chi connectivity index (χ3v) is 4.60. The van der Waals surface area contributed by atoms with Crippen LogP contribution in [0.3, 0.4) is 0 Å². The zero-order valence-corrected chi connectivity index (χ0v) is 12.4. The fraction of sp³-hybridized carbons (Fsp3) is 0.312. The van der Waals surface area contributed by atoms with E-state index in [9.17, 15) is 4.79 Å². The summed E-state index contributed by atoms with van der Waals surface area (Å²) in [6, 6.07) is 8.88. The van der Waals surface area contributed by atoms with E-state index in [2.05, 4.69) is 44.5 Å². The number of para-hydroxylation sites is 1. The van der Waals surface area contributed by atoms with Gasteiger partial charge in [-0.05, 0) is 18.1 Å². The average molecular weight is 311 g/mol. The molecular formula is C16H17N5O2. The minimum Gasteiger partial charge on any atom is -0.381 e. The molecule has 1 amide bonds. The summed E-state index contributed by atoms with van der Waals surface area (Å²) < 4.78 is 0. The van der Waals surface area contributed by atoms with E-state index in [0.29, 0.717) is 17.9 Å². The van der Waals surface area contributed by atoms with E-state index < -0.39 is 5.91 Å². The van der Waals surface area contributed by atoms with Crippen molar-refractivity contribution in [2.75, 3.05) is 23.3 Å². The maximum absolute atomic E-state index is 11.3.